The first kappa shape index (κ1) is 14.4. The SMILES string of the molecule is CC(=O)OCc1cccc(/C=C/c2ccc([N+](=O)[O-])o2)n1. The Morgan fingerprint density at radius 1 is 1.38 bits per heavy atom. The van der Waals surface area contributed by atoms with E-state index < -0.39 is 4.92 Å². The maximum atomic E-state index is 10.7. The van der Waals surface area contributed by atoms with E-state index in [0.29, 0.717) is 17.1 Å². The van der Waals surface area contributed by atoms with Crippen molar-refractivity contribution in [2.45, 2.75) is 13.5 Å². The fraction of sp³-hybridized carbons (Fsp3) is 0.143. The lowest BCUT2D eigenvalue weighted by atomic mass is 10.2. The van der Waals surface area contributed by atoms with E-state index in [4.69, 9.17) is 9.15 Å². The summed E-state index contributed by atoms with van der Waals surface area (Å²) in [7, 11) is 0. The second kappa shape index (κ2) is 6.47. The maximum Gasteiger partial charge on any atom is 0.433 e. The molecule has 21 heavy (non-hydrogen) atoms. The summed E-state index contributed by atoms with van der Waals surface area (Å²) >= 11 is 0. The van der Waals surface area contributed by atoms with E-state index in [-0.39, 0.29) is 18.5 Å². The average Bonchev–Trinajstić information content (AvgIpc) is 2.92. The normalized spacial score (nSPS) is 10.7. The predicted molar refractivity (Wildman–Crippen MR) is 74.0 cm³/mol. The van der Waals surface area contributed by atoms with Gasteiger partial charge in [-0.25, -0.2) is 4.98 Å². The van der Waals surface area contributed by atoms with Crippen LogP contribution in [0, 0.1) is 10.1 Å². The molecule has 0 bridgehead atoms. The number of esters is 1. The summed E-state index contributed by atoms with van der Waals surface area (Å²) in [5.74, 6) is -0.333. The Morgan fingerprint density at radius 3 is 2.86 bits per heavy atom. The number of carbonyl (C=O) groups is 1. The largest absolute Gasteiger partial charge is 0.459 e. The van der Waals surface area contributed by atoms with Gasteiger partial charge in [-0.05, 0) is 30.4 Å². The molecule has 2 aromatic rings. The Hall–Kier alpha value is -2.96. The molecule has 0 saturated carbocycles. The van der Waals surface area contributed by atoms with E-state index in [1.54, 1.807) is 30.4 Å². The van der Waals surface area contributed by atoms with Crippen molar-refractivity contribution in [3.8, 4) is 0 Å². The third-order valence-corrected chi connectivity index (χ3v) is 2.46. The van der Waals surface area contributed by atoms with E-state index in [9.17, 15) is 14.9 Å². The highest BCUT2D eigenvalue weighted by Gasteiger charge is 2.09. The van der Waals surface area contributed by atoms with Gasteiger partial charge in [-0.3, -0.25) is 14.9 Å². The second-order valence-corrected chi connectivity index (χ2v) is 4.10. The number of nitrogens with zero attached hydrogens (tertiary/aromatic N) is 2. The van der Waals surface area contributed by atoms with Crippen LogP contribution in [0.15, 0.2) is 34.7 Å². The van der Waals surface area contributed by atoms with E-state index >= 15 is 0 Å². The molecule has 0 radical (unpaired) electrons. The van der Waals surface area contributed by atoms with Gasteiger partial charge in [0.25, 0.3) is 0 Å². The number of furan rings is 1. The minimum absolute atomic E-state index is 0.100. The van der Waals surface area contributed by atoms with Crippen LogP contribution in [0.1, 0.15) is 24.1 Å². The highest BCUT2D eigenvalue weighted by atomic mass is 16.6. The van der Waals surface area contributed by atoms with E-state index in [1.807, 2.05) is 0 Å². The summed E-state index contributed by atoms with van der Waals surface area (Å²) in [5, 5.41) is 10.5. The zero-order chi connectivity index (χ0) is 15.2. The van der Waals surface area contributed by atoms with E-state index in [0.717, 1.165) is 0 Å². The van der Waals surface area contributed by atoms with Crippen molar-refractivity contribution < 1.29 is 18.9 Å². The van der Waals surface area contributed by atoms with Gasteiger partial charge < -0.3 is 9.15 Å². The second-order valence-electron chi connectivity index (χ2n) is 4.10. The maximum absolute atomic E-state index is 10.7. The number of rotatable bonds is 5. The summed E-state index contributed by atoms with van der Waals surface area (Å²) in [6.45, 7) is 1.43. The van der Waals surface area contributed by atoms with Crippen molar-refractivity contribution in [1.82, 2.24) is 4.98 Å². The lowest BCUT2D eigenvalue weighted by Crippen LogP contribution is -2.01. The molecule has 2 rings (SSSR count). The van der Waals surface area contributed by atoms with Crippen molar-refractivity contribution in [3.63, 3.8) is 0 Å². The molecule has 0 aliphatic heterocycles. The molecule has 0 fully saturated rings. The molecule has 108 valence electrons. The number of pyridine rings is 1. The van der Waals surface area contributed by atoms with Crippen molar-refractivity contribution in [1.29, 1.82) is 0 Å². The van der Waals surface area contributed by atoms with Gasteiger partial charge in [0.05, 0.1) is 17.5 Å². The first-order valence-electron chi connectivity index (χ1n) is 6.06. The molecule has 0 atom stereocenters. The third-order valence-electron chi connectivity index (χ3n) is 2.46. The van der Waals surface area contributed by atoms with Gasteiger partial charge in [0.1, 0.15) is 17.3 Å². The monoisotopic (exact) mass is 288 g/mol. The molecule has 0 saturated heterocycles. The summed E-state index contributed by atoms with van der Waals surface area (Å²) in [6.07, 6.45) is 3.23. The number of hydrogen-bond acceptors (Lipinski definition) is 6. The van der Waals surface area contributed by atoms with Crippen molar-refractivity contribution in [3.05, 3.63) is 57.6 Å². The molecule has 7 heteroatoms. The van der Waals surface area contributed by atoms with Crippen LogP contribution >= 0.6 is 0 Å². The first-order valence-corrected chi connectivity index (χ1v) is 6.06. The van der Waals surface area contributed by atoms with Gasteiger partial charge in [-0.2, -0.15) is 0 Å². The van der Waals surface area contributed by atoms with Crippen LogP contribution in [0.3, 0.4) is 0 Å². The average molecular weight is 288 g/mol. The van der Waals surface area contributed by atoms with Gasteiger partial charge in [0, 0.05) is 6.92 Å². The highest BCUT2D eigenvalue weighted by molar-refractivity contribution is 5.66. The van der Waals surface area contributed by atoms with Gasteiger partial charge in [-0.1, -0.05) is 6.07 Å². The van der Waals surface area contributed by atoms with Crippen LogP contribution in [-0.2, 0) is 16.1 Å². The highest BCUT2D eigenvalue weighted by Crippen LogP contribution is 2.17. The van der Waals surface area contributed by atoms with Crippen LogP contribution in [-0.4, -0.2) is 15.9 Å². The van der Waals surface area contributed by atoms with Gasteiger partial charge >= 0.3 is 11.9 Å². The smallest absolute Gasteiger partial charge is 0.433 e. The van der Waals surface area contributed by atoms with Crippen molar-refractivity contribution in [2.24, 2.45) is 0 Å². The molecule has 2 aromatic heterocycles. The van der Waals surface area contributed by atoms with E-state index in [1.165, 1.54) is 19.1 Å². The minimum Gasteiger partial charge on any atom is -0.459 e. The predicted octanol–water partition coefficient (Wildman–Crippen LogP) is 2.82. The van der Waals surface area contributed by atoms with Crippen LogP contribution in [0.2, 0.25) is 0 Å². The first-order chi connectivity index (χ1) is 10.0. The molecule has 7 nitrogen and oxygen atoms in total. The molecule has 0 amide bonds. The standard InChI is InChI=1S/C14H12N2O5/c1-10(17)20-9-12-4-2-3-11(15-12)5-6-13-7-8-14(21-13)16(18)19/h2-8H,9H2,1H3/b6-5+. The molecular formula is C14H12N2O5. The fourth-order valence-corrected chi connectivity index (χ4v) is 1.54. The number of hydrogen-bond donors (Lipinski definition) is 0. The number of nitro groups is 1. The van der Waals surface area contributed by atoms with E-state index in [2.05, 4.69) is 4.98 Å². The fourth-order valence-electron chi connectivity index (χ4n) is 1.54. The van der Waals surface area contributed by atoms with Crippen LogP contribution in [0.4, 0.5) is 5.88 Å². The van der Waals surface area contributed by atoms with Gasteiger partial charge in [0.2, 0.25) is 0 Å². The summed E-state index contributed by atoms with van der Waals surface area (Å²) < 4.78 is 9.85. The zero-order valence-electron chi connectivity index (χ0n) is 11.2. The van der Waals surface area contributed by atoms with Crippen molar-refractivity contribution in [2.75, 3.05) is 0 Å². The Kier molecular flexibility index (Phi) is 4.45. The molecule has 0 aliphatic carbocycles. The molecule has 0 N–H and O–H groups in total. The Balaban J connectivity index is 2.07. The number of carbonyl (C=O) groups excluding carboxylic acids is 1. The van der Waals surface area contributed by atoms with Gasteiger partial charge in [0.15, 0.2) is 0 Å². The van der Waals surface area contributed by atoms with Crippen LogP contribution in [0.25, 0.3) is 12.2 Å². The zero-order valence-corrected chi connectivity index (χ0v) is 11.2. The summed E-state index contributed by atoms with van der Waals surface area (Å²) in [5.41, 5.74) is 1.23. The summed E-state index contributed by atoms with van der Waals surface area (Å²) in [4.78, 5) is 24.9. The van der Waals surface area contributed by atoms with Crippen LogP contribution < -0.4 is 0 Å². The molecule has 0 aliphatic rings. The number of aromatic nitrogens is 1. The lowest BCUT2D eigenvalue weighted by Gasteiger charge is -2.01. The Labute approximate surface area is 120 Å². The van der Waals surface area contributed by atoms with Crippen LogP contribution in [0.5, 0.6) is 0 Å². The number of ether oxygens (including phenoxy) is 1. The quantitative estimate of drug-likeness (QED) is 0.477. The molecule has 2 heterocycles. The topological polar surface area (TPSA) is 95.5 Å². The summed E-state index contributed by atoms with van der Waals surface area (Å²) in [6, 6.07) is 8.04. The Morgan fingerprint density at radius 2 is 2.19 bits per heavy atom. The molecule has 0 spiro atoms. The minimum atomic E-state index is -0.602. The van der Waals surface area contributed by atoms with Gasteiger partial charge in [-0.15, -0.1) is 0 Å². The Bertz CT molecular complexity index is 690. The third kappa shape index (κ3) is 4.27. The lowest BCUT2D eigenvalue weighted by molar-refractivity contribution is -0.402. The molecular weight excluding hydrogens is 276 g/mol. The molecule has 0 unspecified atom stereocenters. The van der Waals surface area contributed by atoms with Crippen molar-refractivity contribution >= 4 is 24.0 Å². The molecule has 0 aromatic carbocycles.